The molecule has 0 unspecified atom stereocenters. The zero-order valence-electron chi connectivity index (χ0n) is 17.4. The van der Waals surface area contributed by atoms with Crippen molar-refractivity contribution in [2.24, 2.45) is 0 Å². The van der Waals surface area contributed by atoms with Crippen LogP contribution in [0.1, 0.15) is 24.2 Å². The number of hydrogen-bond donors (Lipinski definition) is 1. The fourth-order valence-corrected chi connectivity index (χ4v) is 3.64. The number of carbonyl (C=O) groups is 1. The molecular weight excluding hydrogens is 406 g/mol. The van der Waals surface area contributed by atoms with Gasteiger partial charge in [0, 0.05) is 21.3 Å². The third kappa shape index (κ3) is 4.85. The van der Waals surface area contributed by atoms with Crippen molar-refractivity contribution in [2.75, 3.05) is 26.6 Å². The third-order valence-corrected chi connectivity index (χ3v) is 5.02. The van der Waals surface area contributed by atoms with Crippen LogP contribution in [0.4, 0.5) is 6.01 Å². The summed E-state index contributed by atoms with van der Waals surface area (Å²) in [4.78, 5) is 13.6. The first-order chi connectivity index (χ1) is 14.4. The molecule has 9 heteroatoms. The lowest BCUT2D eigenvalue weighted by molar-refractivity contribution is 0.102. The maximum Gasteiger partial charge on any atom is 0.322 e. The number of ether oxygens (including phenoxy) is 3. The first-order valence-corrected chi connectivity index (χ1v) is 10.0. The van der Waals surface area contributed by atoms with Crippen LogP contribution in [0.2, 0.25) is 0 Å². The SMILES string of the molecule is COc1cc(-c2nnc(NC(=O)c3cccc(SC(C)C)c3)o2)cc(OC)c1OC. The average molecular weight is 429 g/mol. The van der Waals surface area contributed by atoms with E-state index in [9.17, 15) is 4.79 Å². The van der Waals surface area contributed by atoms with Crippen molar-refractivity contribution in [2.45, 2.75) is 24.0 Å². The van der Waals surface area contributed by atoms with E-state index >= 15 is 0 Å². The molecule has 0 saturated heterocycles. The highest BCUT2D eigenvalue weighted by atomic mass is 32.2. The summed E-state index contributed by atoms with van der Waals surface area (Å²) >= 11 is 1.68. The standard InChI is InChI=1S/C21H23N3O5S/c1-12(2)30-15-8-6-7-13(9-15)19(25)22-21-24-23-20(29-21)14-10-16(26-3)18(28-5)17(11-14)27-4/h6-12H,1-5H3,(H,22,24,25). The predicted molar refractivity (Wildman–Crippen MR) is 115 cm³/mol. The first kappa shape index (κ1) is 21.5. The Morgan fingerprint density at radius 2 is 1.73 bits per heavy atom. The predicted octanol–water partition coefficient (Wildman–Crippen LogP) is 4.52. The van der Waals surface area contributed by atoms with Crippen LogP contribution in [0.3, 0.4) is 0 Å². The van der Waals surface area contributed by atoms with Gasteiger partial charge in [-0.05, 0) is 30.3 Å². The summed E-state index contributed by atoms with van der Waals surface area (Å²) < 4.78 is 21.6. The second-order valence-corrected chi connectivity index (χ2v) is 8.12. The number of amides is 1. The quantitative estimate of drug-likeness (QED) is 0.522. The summed E-state index contributed by atoms with van der Waals surface area (Å²) in [7, 11) is 4.56. The Morgan fingerprint density at radius 1 is 1.03 bits per heavy atom. The Labute approximate surface area is 178 Å². The van der Waals surface area contributed by atoms with E-state index in [0.717, 1.165) is 4.90 Å². The van der Waals surface area contributed by atoms with Crippen LogP contribution in [0.5, 0.6) is 17.2 Å². The average Bonchev–Trinajstić information content (AvgIpc) is 3.20. The molecule has 1 aromatic heterocycles. The molecule has 3 aromatic rings. The van der Waals surface area contributed by atoms with Gasteiger partial charge in [0.25, 0.3) is 5.91 Å². The van der Waals surface area contributed by atoms with Gasteiger partial charge >= 0.3 is 6.01 Å². The number of hydrogen-bond acceptors (Lipinski definition) is 8. The minimum absolute atomic E-state index is 0.00864. The molecule has 1 heterocycles. The highest BCUT2D eigenvalue weighted by Gasteiger charge is 2.18. The van der Waals surface area contributed by atoms with E-state index in [-0.39, 0.29) is 17.8 Å². The van der Waals surface area contributed by atoms with Gasteiger partial charge in [-0.3, -0.25) is 10.1 Å². The molecule has 0 aliphatic carbocycles. The minimum Gasteiger partial charge on any atom is -0.493 e. The van der Waals surface area contributed by atoms with Gasteiger partial charge in [0.15, 0.2) is 11.5 Å². The molecule has 30 heavy (non-hydrogen) atoms. The second-order valence-electron chi connectivity index (χ2n) is 6.47. The zero-order chi connectivity index (χ0) is 21.7. The molecule has 1 N–H and O–H groups in total. The summed E-state index contributed by atoms with van der Waals surface area (Å²) in [6.45, 7) is 4.20. The van der Waals surface area contributed by atoms with Crippen LogP contribution in [0, 0.1) is 0 Å². The number of benzene rings is 2. The lowest BCUT2D eigenvalue weighted by Crippen LogP contribution is -2.12. The molecule has 1 amide bonds. The van der Waals surface area contributed by atoms with Gasteiger partial charge in [0.1, 0.15) is 0 Å². The number of methoxy groups -OCH3 is 3. The van der Waals surface area contributed by atoms with E-state index in [4.69, 9.17) is 18.6 Å². The molecule has 2 aromatic carbocycles. The lowest BCUT2D eigenvalue weighted by Gasteiger charge is -2.12. The third-order valence-electron chi connectivity index (χ3n) is 4.03. The molecule has 0 fully saturated rings. The molecule has 158 valence electrons. The summed E-state index contributed by atoms with van der Waals surface area (Å²) in [6.07, 6.45) is 0. The number of thioether (sulfide) groups is 1. The van der Waals surface area contributed by atoms with Gasteiger partial charge in [-0.2, -0.15) is 0 Å². The fraction of sp³-hybridized carbons (Fsp3) is 0.286. The molecule has 0 saturated carbocycles. The van der Waals surface area contributed by atoms with Crippen molar-refractivity contribution in [3.05, 3.63) is 42.0 Å². The molecule has 0 aliphatic heterocycles. The van der Waals surface area contributed by atoms with Gasteiger partial charge in [-0.15, -0.1) is 16.9 Å². The zero-order valence-corrected chi connectivity index (χ0v) is 18.2. The van der Waals surface area contributed by atoms with Gasteiger partial charge in [-0.1, -0.05) is 25.0 Å². The van der Waals surface area contributed by atoms with E-state index < -0.39 is 0 Å². The summed E-state index contributed by atoms with van der Waals surface area (Å²) in [5.41, 5.74) is 1.07. The molecule has 0 atom stereocenters. The van der Waals surface area contributed by atoms with Gasteiger partial charge in [0.2, 0.25) is 11.6 Å². The topological polar surface area (TPSA) is 95.7 Å². The van der Waals surface area contributed by atoms with Crippen molar-refractivity contribution in [1.29, 1.82) is 0 Å². The Bertz CT molecular complexity index is 1010. The molecular formula is C21H23N3O5S. The van der Waals surface area contributed by atoms with Gasteiger partial charge < -0.3 is 18.6 Å². The Morgan fingerprint density at radius 3 is 2.33 bits per heavy atom. The van der Waals surface area contributed by atoms with Crippen LogP contribution < -0.4 is 19.5 Å². The van der Waals surface area contributed by atoms with E-state index in [0.29, 0.717) is 33.6 Å². The number of nitrogens with zero attached hydrogens (tertiary/aromatic N) is 2. The molecule has 0 spiro atoms. The Hall–Kier alpha value is -3.20. The number of anilines is 1. The fourth-order valence-electron chi connectivity index (χ4n) is 2.75. The van der Waals surface area contributed by atoms with Gasteiger partial charge in [0.05, 0.1) is 21.3 Å². The maximum atomic E-state index is 12.6. The highest BCUT2D eigenvalue weighted by molar-refractivity contribution is 7.99. The summed E-state index contributed by atoms with van der Waals surface area (Å²) in [5, 5.41) is 11.0. The van der Waals surface area contributed by atoms with Crippen LogP contribution in [-0.4, -0.2) is 42.7 Å². The first-order valence-electron chi connectivity index (χ1n) is 9.17. The summed E-state index contributed by atoms with van der Waals surface area (Å²) in [6, 6.07) is 10.7. The smallest absolute Gasteiger partial charge is 0.322 e. The lowest BCUT2D eigenvalue weighted by atomic mass is 10.2. The molecule has 0 aliphatic rings. The number of carbonyl (C=O) groups excluding carboxylic acids is 1. The van der Waals surface area contributed by atoms with E-state index in [1.54, 1.807) is 30.0 Å². The Balaban J connectivity index is 1.81. The van der Waals surface area contributed by atoms with Crippen LogP contribution in [0.15, 0.2) is 45.7 Å². The molecule has 0 radical (unpaired) electrons. The molecule has 8 nitrogen and oxygen atoms in total. The normalized spacial score (nSPS) is 10.7. The minimum atomic E-state index is -0.332. The highest BCUT2D eigenvalue weighted by Crippen LogP contribution is 2.41. The van der Waals surface area contributed by atoms with Crippen LogP contribution >= 0.6 is 11.8 Å². The van der Waals surface area contributed by atoms with Gasteiger partial charge in [-0.25, -0.2) is 0 Å². The number of aromatic nitrogens is 2. The maximum absolute atomic E-state index is 12.6. The van der Waals surface area contributed by atoms with Crippen molar-refractivity contribution >= 4 is 23.7 Å². The largest absolute Gasteiger partial charge is 0.493 e. The number of nitrogens with one attached hydrogen (secondary N) is 1. The van der Waals surface area contributed by atoms with E-state index in [2.05, 4.69) is 29.4 Å². The molecule has 0 bridgehead atoms. The van der Waals surface area contributed by atoms with Crippen molar-refractivity contribution in [3.8, 4) is 28.7 Å². The van der Waals surface area contributed by atoms with E-state index in [1.165, 1.54) is 21.3 Å². The number of rotatable bonds is 8. The van der Waals surface area contributed by atoms with Crippen LogP contribution in [-0.2, 0) is 0 Å². The second kappa shape index (κ2) is 9.53. The van der Waals surface area contributed by atoms with E-state index in [1.807, 2.05) is 18.2 Å². The Kier molecular flexibility index (Phi) is 6.83. The van der Waals surface area contributed by atoms with Crippen molar-refractivity contribution in [1.82, 2.24) is 10.2 Å². The van der Waals surface area contributed by atoms with Crippen LogP contribution in [0.25, 0.3) is 11.5 Å². The van der Waals surface area contributed by atoms with Crippen molar-refractivity contribution < 1.29 is 23.4 Å². The summed E-state index contributed by atoms with van der Waals surface area (Å²) in [5.74, 6) is 1.23. The monoisotopic (exact) mass is 429 g/mol. The van der Waals surface area contributed by atoms with Crippen molar-refractivity contribution in [3.63, 3.8) is 0 Å². The molecule has 3 rings (SSSR count).